The monoisotopic (exact) mass is 238 g/mol. The van der Waals surface area contributed by atoms with Crippen LogP contribution in [0.15, 0.2) is 30.3 Å². The molecule has 0 saturated heterocycles. The number of carbonyl (C=O) groups is 1. The van der Waals surface area contributed by atoms with Crippen molar-refractivity contribution in [2.75, 3.05) is 0 Å². The van der Waals surface area contributed by atoms with Gasteiger partial charge in [0.2, 0.25) is 5.78 Å². The van der Waals surface area contributed by atoms with E-state index >= 15 is 0 Å². The average Bonchev–Trinajstić information content (AvgIpc) is 2.15. The number of ketones is 1. The standard InChI is InChI=1S/C12H14OS2/c1-12(2,3)15-11(14)10(13)9-7-5-4-6-8-9/h4-8H,1-3H3. The predicted octanol–water partition coefficient (Wildman–Crippen LogP) is 3.73. The molecular formula is C12H14OS2. The molecule has 15 heavy (non-hydrogen) atoms. The van der Waals surface area contributed by atoms with E-state index in [1.54, 1.807) is 12.1 Å². The second-order valence-corrected chi connectivity index (χ2v) is 6.70. The molecule has 1 rings (SSSR count). The Morgan fingerprint density at radius 2 is 1.73 bits per heavy atom. The van der Waals surface area contributed by atoms with Gasteiger partial charge in [-0.25, -0.2) is 0 Å². The number of carbonyl (C=O) groups excluding carboxylic acids is 1. The van der Waals surface area contributed by atoms with Crippen LogP contribution in [0.2, 0.25) is 0 Å². The van der Waals surface area contributed by atoms with Gasteiger partial charge < -0.3 is 0 Å². The molecule has 0 amide bonds. The lowest BCUT2D eigenvalue weighted by Gasteiger charge is -2.17. The lowest BCUT2D eigenvalue weighted by atomic mass is 10.1. The fraction of sp³-hybridized carbons (Fsp3) is 0.333. The molecular weight excluding hydrogens is 224 g/mol. The zero-order valence-corrected chi connectivity index (χ0v) is 10.7. The van der Waals surface area contributed by atoms with E-state index in [0.29, 0.717) is 9.76 Å². The molecule has 1 aromatic rings. The van der Waals surface area contributed by atoms with Gasteiger partial charge in [-0.2, -0.15) is 0 Å². The van der Waals surface area contributed by atoms with Crippen LogP contribution in [0.3, 0.4) is 0 Å². The van der Waals surface area contributed by atoms with E-state index < -0.39 is 0 Å². The van der Waals surface area contributed by atoms with Gasteiger partial charge >= 0.3 is 0 Å². The van der Waals surface area contributed by atoms with Gasteiger partial charge in [-0.1, -0.05) is 63.3 Å². The van der Waals surface area contributed by atoms with Crippen LogP contribution in [0.1, 0.15) is 31.1 Å². The van der Waals surface area contributed by atoms with Gasteiger partial charge in [0.25, 0.3) is 0 Å². The first-order valence-corrected chi connectivity index (χ1v) is 5.95. The zero-order chi connectivity index (χ0) is 11.5. The van der Waals surface area contributed by atoms with Crippen LogP contribution < -0.4 is 0 Å². The third-order valence-electron chi connectivity index (χ3n) is 1.62. The van der Waals surface area contributed by atoms with Crippen molar-refractivity contribution in [3.05, 3.63) is 35.9 Å². The zero-order valence-electron chi connectivity index (χ0n) is 9.11. The van der Waals surface area contributed by atoms with Crippen molar-refractivity contribution in [1.82, 2.24) is 0 Å². The molecule has 0 aromatic heterocycles. The molecule has 0 fully saturated rings. The molecule has 3 heteroatoms. The van der Waals surface area contributed by atoms with Crippen LogP contribution in [0.5, 0.6) is 0 Å². The molecule has 0 aliphatic carbocycles. The van der Waals surface area contributed by atoms with E-state index in [0.717, 1.165) is 0 Å². The fourth-order valence-corrected chi connectivity index (χ4v) is 2.67. The first-order valence-electron chi connectivity index (χ1n) is 4.73. The van der Waals surface area contributed by atoms with Crippen molar-refractivity contribution in [3.8, 4) is 0 Å². The lowest BCUT2D eigenvalue weighted by molar-refractivity contribution is 0.107. The van der Waals surface area contributed by atoms with Crippen LogP contribution in [-0.4, -0.2) is 14.7 Å². The van der Waals surface area contributed by atoms with Gasteiger partial charge in [0.15, 0.2) is 0 Å². The second-order valence-electron chi connectivity index (χ2n) is 4.20. The predicted molar refractivity (Wildman–Crippen MR) is 70.7 cm³/mol. The summed E-state index contributed by atoms with van der Waals surface area (Å²) in [6.45, 7) is 6.13. The maximum Gasteiger partial charge on any atom is 0.210 e. The SMILES string of the molecule is CC(C)(C)SC(=S)C(=O)c1ccccc1. The molecule has 0 aliphatic heterocycles. The van der Waals surface area contributed by atoms with Gasteiger partial charge in [0.1, 0.15) is 4.20 Å². The van der Waals surface area contributed by atoms with Gasteiger partial charge in [0.05, 0.1) is 0 Å². The van der Waals surface area contributed by atoms with Gasteiger partial charge in [-0.15, -0.1) is 11.8 Å². The molecule has 0 saturated carbocycles. The summed E-state index contributed by atoms with van der Waals surface area (Å²) in [4.78, 5) is 11.9. The molecule has 1 aromatic carbocycles. The van der Waals surface area contributed by atoms with Gasteiger partial charge in [-0.05, 0) is 0 Å². The Balaban J connectivity index is 2.75. The minimum atomic E-state index is -0.0504. The summed E-state index contributed by atoms with van der Waals surface area (Å²) in [6, 6.07) is 9.15. The van der Waals surface area contributed by atoms with E-state index in [2.05, 4.69) is 0 Å². The number of benzene rings is 1. The Labute approximate surface area is 100 Å². The Morgan fingerprint density at radius 1 is 1.20 bits per heavy atom. The quantitative estimate of drug-likeness (QED) is 0.577. The molecule has 0 N–H and O–H groups in total. The number of hydrogen-bond acceptors (Lipinski definition) is 3. The van der Waals surface area contributed by atoms with Crippen LogP contribution in [0.4, 0.5) is 0 Å². The normalized spacial score (nSPS) is 11.1. The summed E-state index contributed by atoms with van der Waals surface area (Å²) in [6.07, 6.45) is 0. The number of rotatable bonds is 2. The van der Waals surface area contributed by atoms with Crippen molar-refractivity contribution < 1.29 is 4.79 Å². The van der Waals surface area contributed by atoms with Gasteiger partial charge in [0, 0.05) is 10.3 Å². The minimum Gasteiger partial charge on any atom is -0.287 e. The molecule has 80 valence electrons. The summed E-state index contributed by atoms with van der Waals surface area (Å²) >= 11 is 6.56. The molecule has 0 aliphatic rings. The van der Waals surface area contributed by atoms with Crippen molar-refractivity contribution in [1.29, 1.82) is 0 Å². The highest BCUT2D eigenvalue weighted by Gasteiger charge is 2.19. The molecule has 0 unspecified atom stereocenters. The summed E-state index contributed by atoms with van der Waals surface area (Å²) in [7, 11) is 0. The minimum absolute atomic E-state index is 0.0124. The molecule has 0 radical (unpaired) electrons. The highest BCUT2D eigenvalue weighted by Crippen LogP contribution is 2.26. The number of thioether (sulfide) groups is 1. The van der Waals surface area contributed by atoms with Crippen molar-refractivity contribution in [3.63, 3.8) is 0 Å². The van der Waals surface area contributed by atoms with E-state index in [1.807, 2.05) is 39.0 Å². The summed E-state index contributed by atoms with van der Waals surface area (Å²) in [5.41, 5.74) is 0.666. The highest BCUT2D eigenvalue weighted by atomic mass is 32.2. The summed E-state index contributed by atoms with van der Waals surface area (Å²) < 4.78 is 0.426. The first kappa shape index (κ1) is 12.4. The topological polar surface area (TPSA) is 17.1 Å². The maximum absolute atomic E-state index is 11.9. The van der Waals surface area contributed by atoms with Gasteiger partial charge in [-0.3, -0.25) is 4.79 Å². The number of Topliss-reactive ketones (excluding diaryl/α,β-unsaturated/α-hetero) is 1. The molecule has 0 atom stereocenters. The molecule has 1 nitrogen and oxygen atoms in total. The molecule has 0 bridgehead atoms. The Bertz CT molecular complexity index is 363. The average molecular weight is 238 g/mol. The van der Waals surface area contributed by atoms with Crippen molar-refractivity contribution in [2.45, 2.75) is 25.5 Å². The lowest BCUT2D eigenvalue weighted by Crippen LogP contribution is -2.17. The summed E-state index contributed by atoms with van der Waals surface area (Å²) in [5.74, 6) is -0.0504. The van der Waals surface area contributed by atoms with Crippen molar-refractivity contribution >= 4 is 34.0 Å². The van der Waals surface area contributed by atoms with Crippen molar-refractivity contribution in [2.24, 2.45) is 0 Å². The number of hydrogen-bond donors (Lipinski definition) is 0. The van der Waals surface area contributed by atoms with E-state index in [1.165, 1.54) is 11.8 Å². The molecule has 0 heterocycles. The van der Waals surface area contributed by atoms with Crippen LogP contribution in [0, 0.1) is 0 Å². The van der Waals surface area contributed by atoms with Crippen LogP contribution in [0.25, 0.3) is 0 Å². The summed E-state index contributed by atoms with van der Waals surface area (Å²) in [5, 5.41) is 0. The van der Waals surface area contributed by atoms with E-state index in [9.17, 15) is 4.79 Å². The molecule has 0 spiro atoms. The fourth-order valence-electron chi connectivity index (χ4n) is 1.03. The Kier molecular flexibility index (Phi) is 4.05. The Morgan fingerprint density at radius 3 is 2.20 bits per heavy atom. The third-order valence-corrected chi connectivity index (χ3v) is 3.04. The first-order chi connectivity index (χ1) is 6.90. The van der Waals surface area contributed by atoms with E-state index in [4.69, 9.17) is 12.2 Å². The smallest absolute Gasteiger partial charge is 0.210 e. The number of thiocarbonyl (C=S) groups is 1. The highest BCUT2D eigenvalue weighted by molar-refractivity contribution is 8.26. The van der Waals surface area contributed by atoms with Crippen LogP contribution >= 0.6 is 24.0 Å². The second kappa shape index (κ2) is 4.90. The third kappa shape index (κ3) is 4.14. The van der Waals surface area contributed by atoms with E-state index in [-0.39, 0.29) is 10.5 Å². The maximum atomic E-state index is 11.9. The Hall–Kier alpha value is -0.670. The van der Waals surface area contributed by atoms with Crippen LogP contribution in [-0.2, 0) is 0 Å². The largest absolute Gasteiger partial charge is 0.287 e.